The van der Waals surface area contributed by atoms with Gasteiger partial charge in [0.2, 0.25) is 0 Å². The van der Waals surface area contributed by atoms with Crippen LogP contribution in [0.25, 0.3) is 0 Å². The topological polar surface area (TPSA) is 30.2 Å². The number of carbonyl (C=O) groups excluding carboxylic acids is 1. The molecule has 0 aliphatic carbocycles. The summed E-state index contributed by atoms with van der Waals surface area (Å²) in [7, 11) is 0. The van der Waals surface area contributed by atoms with E-state index in [1.54, 1.807) is 12.1 Å². The molecular weight excluding hydrogens is 132 g/mol. The van der Waals surface area contributed by atoms with E-state index in [1.807, 2.05) is 0 Å². The standard InChI is InChI=1S/C5H4O2.Ca/c6-4-5-2-1-3-7-5;/h1-4H;. The number of hydrogen-bond donors (Lipinski definition) is 0. The van der Waals surface area contributed by atoms with Crippen LogP contribution >= 0.6 is 0 Å². The number of hydrogen-bond acceptors (Lipinski definition) is 2. The summed E-state index contributed by atoms with van der Waals surface area (Å²) in [5.41, 5.74) is 0. The van der Waals surface area contributed by atoms with Crippen LogP contribution in [0.2, 0.25) is 0 Å². The zero-order valence-corrected chi connectivity index (χ0v) is 6.54. The van der Waals surface area contributed by atoms with E-state index in [9.17, 15) is 4.79 Å². The summed E-state index contributed by atoms with van der Waals surface area (Å²) >= 11 is 0. The summed E-state index contributed by atoms with van der Waals surface area (Å²) in [6, 6.07) is 3.27. The first-order chi connectivity index (χ1) is 3.43. The molecular formula is C5H4CaO2. The van der Waals surface area contributed by atoms with E-state index in [2.05, 4.69) is 4.42 Å². The first-order valence-corrected chi connectivity index (χ1v) is 1.92. The molecule has 0 aromatic carbocycles. The maximum Gasteiger partial charge on any atom is 0.185 e. The van der Waals surface area contributed by atoms with E-state index in [0.717, 1.165) is 0 Å². The summed E-state index contributed by atoms with van der Waals surface area (Å²) < 4.78 is 4.61. The zero-order valence-electron chi connectivity index (χ0n) is 4.33. The molecule has 1 aromatic rings. The van der Waals surface area contributed by atoms with Crippen molar-refractivity contribution in [2.24, 2.45) is 0 Å². The molecule has 1 rings (SSSR count). The van der Waals surface area contributed by atoms with E-state index in [-0.39, 0.29) is 37.7 Å². The quantitative estimate of drug-likeness (QED) is 0.420. The largest absolute Gasteiger partial charge is 0.462 e. The predicted octanol–water partition coefficient (Wildman–Crippen LogP) is 0.711. The smallest absolute Gasteiger partial charge is 0.185 e. The molecule has 2 nitrogen and oxygen atoms in total. The number of carbonyl (C=O) groups is 1. The third kappa shape index (κ3) is 1.99. The molecule has 0 N–H and O–H groups in total. The molecule has 3 heteroatoms. The Balaban J connectivity index is 0.000000490. The van der Waals surface area contributed by atoms with Gasteiger partial charge < -0.3 is 4.42 Å². The molecule has 0 saturated heterocycles. The first-order valence-electron chi connectivity index (χ1n) is 1.92. The van der Waals surface area contributed by atoms with Gasteiger partial charge in [-0.05, 0) is 12.1 Å². The summed E-state index contributed by atoms with van der Waals surface area (Å²) in [6.07, 6.45) is 2.13. The summed E-state index contributed by atoms with van der Waals surface area (Å²) in [6.45, 7) is 0. The van der Waals surface area contributed by atoms with Gasteiger partial charge in [-0.15, -0.1) is 0 Å². The first kappa shape index (κ1) is 8.21. The van der Waals surface area contributed by atoms with Gasteiger partial charge in [0.25, 0.3) is 0 Å². The summed E-state index contributed by atoms with van der Waals surface area (Å²) in [4.78, 5) is 9.77. The van der Waals surface area contributed by atoms with Crippen LogP contribution in [0, 0.1) is 0 Å². The van der Waals surface area contributed by atoms with Crippen molar-refractivity contribution in [2.75, 3.05) is 0 Å². The van der Waals surface area contributed by atoms with Gasteiger partial charge in [0.15, 0.2) is 12.0 Å². The van der Waals surface area contributed by atoms with Crippen LogP contribution < -0.4 is 0 Å². The zero-order chi connectivity index (χ0) is 5.11. The average molecular weight is 136 g/mol. The van der Waals surface area contributed by atoms with E-state index >= 15 is 0 Å². The molecule has 0 spiro atoms. The van der Waals surface area contributed by atoms with E-state index < -0.39 is 0 Å². The van der Waals surface area contributed by atoms with Gasteiger partial charge in [-0.3, -0.25) is 4.79 Å². The molecule has 38 valence electrons. The summed E-state index contributed by atoms with van der Waals surface area (Å²) in [5.74, 6) is 0.375. The van der Waals surface area contributed by atoms with Gasteiger partial charge in [-0.1, -0.05) is 0 Å². The van der Waals surface area contributed by atoms with Gasteiger partial charge in [-0.2, -0.15) is 0 Å². The van der Waals surface area contributed by atoms with Crippen molar-refractivity contribution in [1.82, 2.24) is 0 Å². The van der Waals surface area contributed by atoms with Crippen molar-refractivity contribution in [3.8, 4) is 0 Å². The maximum atomic E-state index is 9.77. The second-order valence-corrected chi connectivity index (χ2v) is 1.13. The molecule has 0 aliphatic heterocycles. The van der Waals surface area contributed by atoms with Crippen molar-refractivity contribution in [3.63, 3.8) is 0 Å². The molecule has 0 saturated carbocycles. The van der Waals surface area contributed by atoms with Gasteiger partial charge in [-0.25, -0.2) is 0 Å². The fourth-order valence-corrected chi connectivity index (χ4v) is 0.358. The van der Waals surface area contributed by atoms with Gasteiger partial charge >= 0.3 is 0 Å². The van der Waals surface area contributed by atoms with Crippen molar-refractivity contribution in [3.05, 3.63) is 24.2 Å². The van der Waals surface area contributed by atoms with Gasteiger partial charge in [0.05, 0.1) is 6.26 Å². The van der Waals surface area contributed by atoms with Gasteiger partial charge in [0, 0.05) is 37.7 Å². The van der Waals surface area contributed by atoms with E-state index in [0.29, 0.717) is 12.0 Å². The normalized spacial score (nSPS) is 7.50. The van der Waals surface area contributed by atoms with Crippen LogP contribution in [0.1, 0.15) is 10.6 Å². The van der Waals surface area contributed by atoms with Crippen LogP contribution in [-0.2, 0) is 0 Å². The summed E-state index contributed by atoms with van der Waals surface area (Å²) in [5, 5.41) is 0. The molecule has 0 amide bonds. The van der Waals surface area contributed by atoms with Crippen molar-refractivity contribution in [1.29, 1.82) is 0 Å². The van der Waals surface area contributed by atoms with Crippen molar-refractivity contribution >= 4 is 44.0 Å². The Morgan fingerprint density at radius 1 is 1.62 bits per heavy atom. The second-order valence-electron chi connectivity index (χ2n) is 1.13. The Bertz CT molecular complexity index is 145. The van der Waals surface area contributed by atoms with Crippen LogP contribution in [0.15, 0.2) is 22.8 Å². The third-order valence-corrected chi connectivity index (χ3v) is 0.659. The van der Waals surface area contributed by atoms with Crippen LogP contribution in [-0.4, -0.2) is 44.0 Å². The monoisotopic (exact) mass is 136 g/mol. The fourth-order valence-electron chi connectivity index (χ4n) is 0.358. The number of rotatable bonds is 1. The van der Waals surface area contributed by atoms with E-state index in [1.165, 1.54) is 6.26 Å². The molecule has 0 aliphatic rings. The molecule has 0 atom stereocenters. The minimum Gasteiger partial charge on any atom is -0.462 e. The second kappa shape index (κ2) is 4.12. The van der Waals surface area contributed by atoms with Crippen molar-refractivity contribution < 1.29 is 9.21 Å². The minimum atomic E-state index is 0. The molecule has 1 aromatic heterocycles. The Labute approximate surface area is 76.9 Å². The number of aldehydes is 1. The molecule has 0 unspecified atom stereocenters. The number of furan rings is 1. The average Bonchev–Trinajstić information content (AvgIpc) is 2.14. The predicted molar refractivity (Wildman–Crippen MR) is 29.8 cm³/mol. The fraction of sp³-hybridized carbons (Fsp3) is 0. The molecule has 0 bridgehead atoms. The minimum absolute atomic E-state index is 0. The Morgan fingerprint density at radius 2 is 2.38 bits per heavy atom. The van der Waals surface area contributed by atoms with Crippen molar-refractivity contribution in [2.45, 2.75) is 0 Å². The van der Waals surface area contributed by atoms with Crippen LogP contribution in [0.3, 0.4) is 0 Å². The molecule has 2 radical (unpaired) electrons. The Kier molecular flexibility index (Phi) is 4.23. The third-order valence-electron chi connectivity index (χ3n) is 0.659. The van der Waals surface area contributed by atoms with Crippen LogP contribution in [0.4, 0.5) is 0 Å². The molecule has 8 heavy (non-hydrogen) atoms. The maximum absolute atomic E-state index is 9.77. The SMILES string of the molecule is O=Cc1ccco1.[Ca]. The van der Waals surface area contributed by atoms with E-state index in [4.69, 9.17) is 0 Å². The molecule has 0 fully saturated rings. The Hall–Kier alpha value is 0.210. The van der Waals surface area contributed by atoms with Crippen LogP contribution in [0.5, 0.6) is 0 Å². The Morgan fingerprint density at radius 3 is 2.62 bits per heavy atom. The van der Waals surface area contributed by atoms with Gasteiger partial charge in [0.1, 0.15) is 0 Å². The molecule has 1 heterocycles.